The minimum Gasteiger partial charge on any atom is -0.398 e. The van der Waals surface area contributed by atoms with E-state index < -0.39 is 8.56 Å². The van der Waals surface area contributed by atoms with Crippen LogP contribution in [0.5, 0.6) is 0 Å². The first-order chi connectivity index (χ1) is 10.1. The van der Waals surface area contributed by atoms with Crippen molar-refractivity contribution in [3.63, 3.8) is 0 Å². The van der Waals surface area contributed by atoms with E-state index in [2.05, 4.69) is 56.0 Å². The van der Waals surface area contributed by atoms with E-state index in [0.717, 1.165) is 31.9 Å². The Balaban J connectivity index is 2.61. The minimum absolute atomic E-state index is 0.0827. The summed E-state index contributed by atoms with van der Waals surface area (Å²) in [6, 6.07) is 11.8. The van der Waals surface area contributed by atoms with Gasteiger partial charge in [0.15, 0.2) is 0 Å². The molecule has 0 saturated heterocycles. The smallest absolute Gasteiger partial charge is 0.334 e. The lowest BCUT2D eigenvalue weighted by Crippen LogP contribution is -2.43. The Kier molecular flexibility index (Phi) is 7.60. The third kappa shape index (κ3) is 4.92. The standard InChI is InChI=1S/C17H31NO2Si/c1-6-17(7-2,16-12-9-8-10-13-16)18-14-11-15-21(5,19-3)20-4/h8-10,12-13,18H,6-7,11,14-15H2,1-5H3. The Hall–Kier alpha value is -0.683. The predicted molar refractivity (Wildman–Crippen MR) is 91.8 cm³/mol. The fourth-order valence-corrected chi connectivity index (χ4v) is 4.19. The van der Waals surface area contributed by atoms with Gasteiger partial charge in [-0.25, -0.2) is 0 Å². The van der Waals surface area contributed by atoms with Gasteiger partial charge in [0.1, 0.15) is 0 Å². The van der Waals surface area contributed by atoms with Crippen LogP contribution in [0.4, 0.5) is 0 Å². The lowest BCUT2D eigenvalue weighted by atomic mass is 9.84. The van der Waals surface area contributed by atoms with Gasteiger partial charge in [-0.1, -0.05) is 44.2 Å². The van der Waals surface area contributed by atoms with Crippen LogP contribution in [-0.2, 0) is 14.4 Å². The van der Waals surface area contributed by atoms with Gasteiger partial charge in [0.2, 0.25) is 0 Å². The number of rotatable bonds is 10. The first kappa shape index (κ1) is 18.4. The van der Waals surface area contributed by atoms with Crippen molar-refractivity contribution in [3.05, 3.63) is 35.9 Å². The number of nitrogens with one attached hydrogen (secondary N) is 1. The molecule has 120 valence electrons. The topological polar surface area (TPSA) is 30.5 Å². The zero-order valence-electron chi connectivity index (χ0n) is 14.2. The number of hydrogen-bond donors (Lipinski definition) is 1. The monoisotopic (exact) mass is 309 g/mol. The lowest BCUT2D eigenvalue weighted by Gasteiger charge is -2.34. The van der Waals surface area contributed by atoms with Gasteiger partial charge in [0.25, 0.3) is 0 Å². The van der Waals surface area contributed by atoms with Crippen LogP contribution in [0.2, 0.25) is 12.6 Å². The summed E-state index contributed by atoms with van der Waals surface area (Å²) in [5, 5.41) is 3.78. The summed E-state index contributed by atoms with van der Waals surface area (Å²) in [5.74, 6) is 0. The van der Waals surface area contributed by atoms with E-state index in [9.17, 15) is 0 Å². The molecule has 0 spiro atoms. The summed E-state index contributed by atoms with van der Waals surface area (Å²) >= 11 is 0. The summed E-state index contributed by atoms with van der Waals surface area (Å²) in [6.45, 7) is 7.63. The normalized spacial score (nSPS) is 12.6. The average Bonchev–Trinajstić information content (AvgIpc) is 2.56. The molecule has 21 heavy (non-hydrogen) atoms. The summed E-state index contributed by atoms with van der Waals surface area (Å²) in [6.07, 6.45) is 3.27. The lowest BCUT2D eigenvalue weighted by molar-refractivity contribution is 0.246. The van der Waals surface area contributed by atoms with E-state index in [1.54, 1.807) is 14.2 Å². The molecule has 0 unspecified atom stereocenters. The fourth-order valence-electron chi connectivity index (χ4n) is 2.79. The first-order valence-corrected chi connectivity index (χ1v) is 10.5. The Labute approximate surface area is 131 Å². The van der Waals surface area contributed by atoms with E-state index >= 15 is 0 Å². The molecule has 1 aromatic rings. The Morgan fingerprint density at radius 1 is 1.05 bits per heavy atom. The molecule has 0 atom stereocenters. The van der Waals surface area contributed by atoms with Gasteiger partial charge in [-0.2, -0.15) is 0 Å². The maximum Gasteiger partial charge on any atom is 0.334 e. The predicted octanol–water partition coefficient (Wildman–Crippen LogP) is 4.05. The highest BCUT2D eigenvalue weighted by molar-refractivity contribution is 6.65. The van der Waals surface area contributed by atoms with Crippen LogP contribution < -0.4 is 5.32 Å². The maximum absolute atomic E-state index is 5.55. The molecule has 1 rings (SSSR count). The van der Waals surface area contributed by atoms with Crippen molar-refractivity contribution in [1.82, 2.24) is 5.32 Å². The number of benzene rings is 1. The summed E-state index contributed by atoms with van der Waals surface area (Å²) in [7, 11) is 1.59. The quantitative estimate of drug-likeness (QED) is 0.522. The molecule has 0 fully saturated rings. The largest absolute Gasteiger partial charge is 0.398 e. The fraction of sp³-hybridized carbons (Fsp3) is 0.647. The molecule has 1 aromatic carbocycles. The zero-order chi connectivity index (χ0) is 15.8. The van der Waals surface area contributed by atoms with Crippen LogP contribution in [0.15, 0.2) is 30.3 Å². The van der Waals surface area contributed by atoms with E-state index in [1.807, 2.05) is 0 Å². The molecule has 0 aliphatic rings. The summed E-state index contributed by atoms with van der Waals surface area (Å²) in [5.41, 5.74) is 1.47. The third-order valence-electron chi connectivity index (χ3n) is 4.67. The number of hydrogen-bond acceptors (Lipinski definition) is 3. The minimum atomic E-state index is -1.93. The van der Waals surface area contributed by atoms with Crippen LogP contribution in [0.1, 0.15) is 38.7 Å². The first-order valence-electron chi connectivity index (χ1n) is 7.96. The van der Waals surface area contributed by atoms with Crippen molar-refractivity contribution < 1.29 is 8.85 Å². The van der Waals surface area contributed by atoms with Crippen molar-refractivity contribution >= 4 is 8.56 Å². The molecule has 1 N–H and O–H groups in total. The average molecular weight is 310 g/mol. The Bertz CT molecular complexity index is 389. The zero-order valence-corrected chi connectivity index (χ0v) is 15.2. The van der Waals surface area contributed by atoms with Crippen molar-refractivity contribution in [2.45, 2.75) is 51.2 Å². The Morgan fingerprint density at radius 2 is 1.62 bits per heavy atom. The third-order valence-corrected chi connectivity index (χ3v) is 7.66. The van der Waals surface area contributed by atoms with E-state index in [-0.39, 0.29) is 5.54 Å². The molecule has 3 nitrogen and oxygen atoms in total. The second kappa shape index (κ2) is 8.69. The van der Waals surface area contributed by atoms with Crippen LogP contribution in [0.3, 0.4) is 0 Å². The highest BCUT2D eigenvalue weighted by atomic mass is 28.4. The van der Waals surface area contributed by atoms with E-state index in [4.69, 9.17) is 8.85 Å². The highest BCUT2D eigenvalue weighted by Gasteiger charge is 2.30. The molecule has 0 radical (unpaired) electrons. The van der Waals surface area contributed by atoms with E-state index in [0.29, 0.717) is 0 Å². The Morgan fingerprint density at radius 3 is 2.10 bits per heavy atom. The van der Waals surface area contributed by atoms with Crippen molar-refractivity contribution in [2.24, 2.45) is 0 Å². The second-order valence-electron chi connectivity index (χ2n) is 5.73. The molecule has 4 heteroatoms. The molecular formula is C17H31NO2Si. The molecule has 0 bridgehead atoms. The molecule has 0 aliphatic carbocycles. The molecule has 0 aromatic heterocycles. The van der Waals surface area contributed by atoms with Crippen LogP contribution in [-0.4, -0.2) is 29.3 Å². The SMILES string of the molecule is CCC(CC)(NCCC[Si](C)(OC)OC)c1ccccc1. The highest BCUT2D eigenvalue weighted by Crippen LogP contribution is 2.28. The van der Waals surface area contributed by atoms with Crippen LogP contribution in [0.25, 0.3) is 0 Å². The van der Waals surface area contributed by atoms with Gasteiger partial charge in [0.05, 0.1) is 0 Å². The van der Waals surface area contributed by atoms with Gasteiger partial charge in [-0.15, -0.1) is 0 Å². The molecule has 0 aliphatic heterocycles. The second-order valence-corrected chi connectivity index (χ2v) is 9.31. The molecule has 0 heterocycles. The van der Waals surface area contributed by atoms with Gasteiger partial charge >= 0.3 is 8.56 Å². The van der Waals surface area contributed by atoms with Crippen molar-refractivity contribution in [2.75, 3.05) is 20.8 Å². The van der Waals surface area contributed by atoms with Gasteiger partial charge in [-0.05, 0) is 44.0 Å². The van der Waals surface area contributed by atoms with Crippen LogP contribution in [0, 0.1) is 0 Å². The molecule has 0 saturated carbocycles. The summed E-state index contributed by atoms with van der Waals surface area (Å²) < 4.78 is 11.1. The van der Waals surface area contributed by atoms with Gasteiger partial charge in [0, 0.05) is 19.8 Å². The van der Waals surface area contributed by atoms with E-state index in [1.165, 1.54) is 5.56 Å². The molecular weight excluding hydrogens is 278 g/mol. The van der Waals surface area contributed by atoms with Gasteiger partial charge in [-0.3, -0.25) is 0 Å². The van der Waals surface area contributed by atoms with Crippen LogP contribution >= 0.6 is 0 Å². The maximum atomic E-state index is 5.55. The summed E-state index contributed by atoms with van der Waals surface area (Å²) in [4.78, 5) is 0. The van der Waals surface area contributed by atoms with Gasteiger partial charge < -0.3 is 14.2 Å². The van der Waals surface area contributed by atoms with Crippen molar-refractivity contribution in [1.29, 1.82) is 0 Å². The molecule has 0 amide bonds. The van der Waals surface area contributed by atoms with Crippen molar-refractivity contribution in [3.8, 4) is 0 Å².